The topological polar surface area (TPSA) is 73.6 Å². The van der Waals surface area contributed by atoms with Crippen molar-refractivity contribution in [1.82, 2.24) is 0 Å². The molecular weight excluding hydrogens is 122 g/mol. The highest BCUT2D eigenvalue weighted by Crippen LogP contribution is 1.91. The molecule has 0 spiro atoms. The van der Waals surface area contributed by atoms with E-state index >= 15 is 0 Å². The highest BCUT2D eigenvalue weighted by atomic mass is 32.2. The average molecular weight is 127 g/mol. The highest BCUT2D eigenvalue weighted by Gasteiger charge is 1.57. The number of hydrogen-bond acceptors (Lipinski definition) is 4. The zero-order chi connectivity index (χ0) is 6.83. The van der Waals surface area contributed by atoms with Crippen LogP contribution in [0.1, 0.15) is 0 Å². The van der Waals surface area contributed by atoms with E-state index in [1.807, 2.05) is 5.40 Å². The van der Waals surface area contributed by atoms with Gasteiger partial charge >= 0.3 is 0 Å². The summed E-state index contributed by atoms with van der Waals surface area (Å²) in [6.07, 6.45) is 1.25. The van der Waals surface area contributed by atoms with Gasteiger partial charge in [-0.05, 0) is 17.2 Å². The SMILES string of the molecule is C=CSC#N.N#CN. The number of nitrogens with two attached hydrogens (primary N) is 1. The predicted molar refractivity (Wildman–Crippen MR) is 33.2 cm³/mol. The van der Waals surface area contributed by atoms with Gasteiger partial charge in [-0.3, -0.25) is 0 Å². The van der Waals surface area contributed by atoms with Crippen molar-refractivity contribution in [2.24, 2.45) is 5.73 Å². The number of rotatable bonds is 1. The van der Waals surface area contributed by atoms with Crippen LogP contribution in [0.2, 0.25) is 0 Å². The van der Waals surface area contributed by atoms with E-state index in [1.54, 1.807) is 0 Å². The molecular formula is C4H5N3S. The molecule has 0 heterocycles. The molecule has 0 aliphatic carbocycles. The summed E-state index contributed by atoms with van der Waals surface area (Å²) < 4.78 is 0. The molecule has 0 bridgehead atoms. The van der Waals surface area contributed by atoms with E-state index in [1.165, 1.54) is 11.6 Å². The fourth-order valence-electron chi connectivity index (χ4n) is 0.0373. The van der Waals surface area contributed by atoms with Crippen molar-refractivity contribution in [1.29, 1.82) is 10.5 Å². The first-order valence-corrected chi connectivity index (χ1v) is 2.46. The van der Waals surface area contributed by atoms with E-state index in [0.29, 0.717) is 0 Å². The van der Waals surface area contributed by atoms with Gasteiger partial charge < -0.3 is 5.73 Å². The highest BCUT2D eigenvalue weighted by molar-refractivity contribution is 8.06. The molecule has 0 aliphatic rings. The second kappa shape index (κ2) is 16.9. The summed E-state index contributed by atoms with van der Waals surface area (Å²) in [5.41, 5.74) is 4.15. The molecule has 3 nitrogen and oxygen atoms in total. The van der Waals surface area contributed by atoms with Crippen LogP contribution >= 0.6 is 11.8 Å². The Balaban J connectivity index is 0. The summed E-state index contributed by atoms with van der Waals surface area (Å²) in [6, 6.07) is 0. The molecule has 0 atom stereocenters. The molecule has 0 saturated carbocycles. The van der Waals surface area contributed by atoms with Gasteiger partial charge in [0.1, 0.15) is 5.40 Å². The van der Waals surface area contributed by atoms with E-state index in [9.17, 15) is 0 Å². The lowest BCUT2D eigenvalue weighted by Crippen LogP contribution is -1.69. The van der Waals surface area contributed by atoms with Gasteiger partial charge in [-0.25, -0.2) is 0 Å². The normalized spacial score (nSPS) is 4.25. The van der Waals surface area contributed by atoms with Gasteiger partial charge in [0.2, 0.25) is 0 Å². The summed E-state index contributed by atoms with van der Waals surface area (Å²) in [5.74, 6) is 0. The molecule has 0 fully saturated rings. The molecule has 2 N–H and O–H groups in total. The zero-order valence-corrected chi connectivity index (χ0v) is 4.98. The second-order valence-corrected chi connectivity index (χ2v) is 1.26. The number of thioether (sulfide) groups is 1. The van der Waals surface area contributed by atoms with Crippen LogP contribution in [-0.4, -0.2) is 0 Å². The average Bonchev–Trinajstić information content (AvgIpc) is 1.71. The largest absolute Gasteiger partial charge is 0.337 e. The van der Waals surface area contributed by atoms with Crippen LogP contribution in [0.25, 0.3) is 0 Å². The Morgan fingerprint density at radius 2 is 2.00 bits per heavy atom. The lowest BCUT2D eigenvalue weighted by Gasteiger charge is -1.55. The number of hydrogen-bond donors (Lipinski definition) is 1. The Morgan fingerprint density at radius 3 is 2.00 bits per heavy atom. The summed E-state index contributed by atoms with van der Waals surface area (Å²) in [5, 5.41) is 18.1. The molecule has 0 aromatic carbocycles. The first-order valence-electron chi connectivity index (χ1n) is 1.58. The fourth-order valence-corrected chi connectivity index (χ4v) is 0.112. The molecule has 42 valence electrons. The van der Waals surface area contributed by atoms with Gasteiger partial charge in [-0.15, -0.1) is 0 Å². The maximum Gasteiger partial charge on any atom is 0.173 e. The molecule has 0 aromatic rings. The molecule has 4 heteroatoms. The van der Waals surface area contributed by atoms with E-state index in [-0.39, 0.29) is 0 Å². The lowest BCUT2D eigenvalue weighted by atomic mass is 11.3. The van der Waals surface area contributed by atoms with E-state index in [4.69, 9.17) is 10.5 Å². The minimum Gasteiger partial charge on any atom is -0.337 e. The van der Waals surface area contributed by atoms with Gasteiger partial charge in [0.25, 0.3) is 0 Å². The van der Waals surface area contributed by atoms with Crippen LogP contribution in [0.15, 0.2) is 12.0 Å². The third-order valence-electron chi connectivity index (χ3n) is 0.136. The van der Waals surface area contributed by atoms with E-state index < -0.39 is 0 Å². The fraction of sp³-hybridized carbons (Fsp3) is 0. The van der Waals surface area contributed by atoms with Crippen molar-refractivity contribution >= 4 is 11.8 Å². The molecule has 0 rings (SSSR count). The minimum atomic E-state index is 1.03. The molecule has 8 heavy (non-hydrogen) atoms. The minimum absolute atomic E-state index is 1.03. The maximum atomic E-state index is 7.71. The van der Waals surface area contributed by atoms with Crippen LogP contribution in [0.4, 0.5) is 0 Å². The van der Waals surface area contributed by atoms with E-state index in [2.05, 4.69) is 12.3 Å². The third kappa shape index (κ3) is 96.4. The molecule has 0 amide bonds. The Hall–Kier alpha value is -1.13. The number of nitrogens with zero attached hydrogens (tertiary/aromatic N) is 2. The molecule has 0 saturated heterocycles. The summed E-state index contributed by atoms with van der Waals surface area (Å²) in [4.78, 5) is 0. The Morgan fingerprint density at radius 1 is 1.62 bits per heavy atom. The van der Waals surface area contributed by atoms with Crippen LogP contribution < -0.4 is 5.73 Å². The van der Waals surface area contributed by atoms with Crippen LogP contribution in [0, 0.1) is 22.1 Å². The summed E-state index contributed by atoms with van der Waals surface area (Å²) in [7, 11) is 0. The summed E-state index contributed by atoms with van der Waals surface area (Å²) >= 11 is 1.03. The van der Waals surface area contributed by atoms with Crippen molar-refractivity contribution in [3.8, 4) is 11.6 Å². The zero-order valence-electron chi connectivity index (χ0n) is 4.16. The smallest absolute Gasteiger partial charge is 0.173 e. The predicted octanol–water partition coefficient (Wildman–Crippen LogP) is 0.770. The third-order valence-corrected chi connectivity index (χ3v) is 0.408. The van der Waals surface area contributed by atoms with Gasteiger partial charge in [-0.2, -0.15) is 10.5 Å². The molecule has 0 aliphatic heterocycles. The first-order chi connectivity index (χ1) is 3.83. The Labute approximate surface area is 52.4 Å². The van der Waals surface area contributed by atoms with E-state index in [0.717, 1.165) is 11.8 Å². The van der Waals surface area contributed by atoms with Gasteiger partial charge in [0.05, 0.1) is 0 Å². The first kappa shape index (κ1) is 9.98. The maximum absolute atomic E-state index is 7.71. The summed E-state index contributed by atoms with van der Waals surface area (Å²) in [6.45, 7) is 3.29. The second-order valence-electron chi connectivity index (χ2n) is 0.505. The molecule has 0 unspecified atom stereocenters. The number of nitriles is 2. The van der Waals surface area contributed by atoms with Crippen molar-refractivity contribution in [2.75, 3.05) is 0 Å². The monoisotopic (exact) mass is 127 g/mol. The lowest BCUT2D eigenvalue weighted by molar-refractivity contribution is 1.45. The van der Waals surface area contributed by atoms with Crippen molar-refractivity contribution in [3.05, 3.63) is 12.0 Å². The van der Waals surface area contributed by atoms with Gasteiger partial charge in [0, 0.05) is 0 Å². The number of thiocyanates is 1. The van der Waals surface area contributed by atoms with Crippen molar-refractivity contribution in [3.63, 3.8) is 0 Å². The molecule has 0 aromatic heterocycles. The quantitative estimate of drug-likeness (QED) is 0.417. The Bertz CT molecular complexity index is 118. The van der Waals surface area contributed by atoms with Gasteiger partial charge in [-0.1, -0.05) is 6.58 Å². The standard InChI is InChI=1S/C3H3NS.CH2N2/c1-2-5-3-4;2-1-3/h2H,1H2;2H2. The van der Waals surface area contributed by atoms with Crippen LogP contribution in [-0.2, 0) is 0 Å². The van der Waals surface area contributed by atoms with Crippen LogP contribution in [0.3, 0.4) is 0 Å². The molecule has 0 radical (unpaired) electrons. The van der Waals surface area contributed by atoms with Crippen molar-refractivity contribution in [2.45, 2.75) is 0 Å². The van der Waals surface area contributed by atoms with Crippen LogP contribution in [0.5, 0.6) is 0 Å². The van der Waals surface area contributed by atoms with Crippen molar-refractivity contribution < 1.29 is 0 Å². The van der Waals surface area contributed by atoms with Gasteiger partial charge in [0.15, 0.2) is 6.19 Å². The Kier molecular flexibility index (Phi) is 21.1.